The molecule has 1 aromatic heterocycles. The summed E-state index contributed by atoms with van der Waals surface area (Å²) < 4.78 is 0. The molecule has 0 amide bonds. The van der Waals surface area contributed by atoms with E-state index in [2.05, 4.69) is 23.8 Å². The molecular weight excluding hydrogens is 144 g/mol. The van der Waals surface area contributed by atoms with Crippen LogP contribution in [0.2, 0.25) is 6.04 Å². The van der Waals surface area contributed by atoms with Crippen molar-refractivity contribution in [3.05, 3.63) is 16.8 Å². The number of thiophene rings is 1. The topological polar surface area (TPSA) is 0 Å². The first-order valence-electron chi connectivity index (χ1n) is 3.44. The summed E-state index contributed by atoms with van der Waals surface area (Å²) >= 11 is 1.82. The van der Waals surface area contributed by atoms with Crippen molar-refractivity contribution >= 4 is 26.0 Å². The lowest BCUT2D eigenvalue weighted by atomic mass is 10.6. The van der Waals surface area contributed by atoms with E-state index in [1.54, 1.807) is 5.19 Å². The first-order chi connectivity index (χ1) is 4.43. The summed E-state index contributed by atoms with van der Waals surface area (Å²) in [6.07, 6.45) is 1.36. The zero-order valence-corrected chi connectivity index (χ0v) is 7.99. The first-order valence-corrected chi connectivity index (χ1v) is 6.09. The van der Waals surface area contributed by atoms with Crippen LogP contribution in [0.1, 0.15) is 13.3 Å². The molecule has 0 nitrogen and oxygen atoms in total. The predicted octanol–water partition coefficient (Wildman–Crippen LogP) is 1.37. The van der Waals surface area contributed by atoms with Gasteiger partial charge < -0.3 is 0 Å². The van der Waals surface area contributed by atoms with Crippen LogP contribution in [-0.2, 0) is 0 Å². The zero-order chi connectivity index (χ0) is 6.53. The van der Waals surface area contributed by atoms with E-state index in [4.69, 9.17) is 0 Å². The Morgan fingerprint density at radius 2 is 2.56 bits per heavy atom. The Bertz CT molecular complexity index is 146. The van der Waals surface area contributed by atoms with Crippen molar-refractivity contribution in [1.29, 1.82) is 0 Å². The van der Waals surface area contributed by atoms with Gasteiger partial charge >= 0.3 is 0 Å². The van der Waals surface area contributed by atoms with E-state index in [1.165, 1.54) is 12.5 Å². The highest BCUT2D eigenvalue weighted by atomic mass is 32.1. The summed E-state index contributed by atoms with van der Waals surface area (Å²) in [6, 6.07) is 3.74. The van der Waals surface area contributed by atoms with Crippen molar-refractivity contribution in [3.63, 3.8) is 0 Å². The van der Waals surface area contributed by atoms with Crippen molar-refractivity contribution in [3.8, 4) is 0 Å². The van der Waals surface area contributed by atoms with Gasteiger partial charge in [0, 0.05) is 0 Å². The number of hydrogen-bond acceptors (Lipinski definition) is 1. The highest BCUT2D eigenvalue weighted by molar-refractivity contribution is 7.09. The number of rotatable bonds is 3. The van der Waals surface area contributed by atoms with Crippen LogP contribution in [0.15, 0.2) is 16.8 Å². The molecule has 0 bridgehead atoms. The molecule has 0 aliphatic rings. The molecule has 1 aromatic rings. The Morgan fingerprint density at radius 1 is 1.67 bits per heavy atom. The predicted molar refractivity (Wildman–Crippen MR) is 47.6 cm³/mol. The molecule has 2 heteroatoms. The number of hydrogen-bond donors (Lipinski definition) is 0. The van der Waals surface area contributed by atoms with E-state index < -0.39 is 0 Å². The zero-order valence-electron chi connectivity index (χ0n) is 5.76. The third-order valence-corrected chi connectivity index (χ3v) is 4.50. The lowest BCUT2D eigenvalue weighted by Crippen LogP contribution is -2.08. The molecule has 0 radical (unpaired) electrons. The van der Waals surface area contributed by atoms with E-state index in [-0.39, 0.29) is 9.52 Å². The van der Waals surface area contributed by atoms with Gasteiger partial charge in [-0.25, -0.2) is 0 Å². The maximum Gasteiger partial charge on any atom is 0.0558 e. The highest BCUT2D eigenvalue weighted by Gasteiger charge is 1.90. The van der Waals surface area contributed by atoms with Gasteiger partial charge in [-0.3, -0.25) is 0 Å². The Hall–Kier alpha value is -0.0831. The molecule has 1 heterocycles. The Morgan fingerprint density at radius 3 is 3.11 bits per heavy atom. The van der Waals surface area contributed by atoms with E-state index >= 15 is 0 Å². The Kier molecular flexibility index (Phi) is 3.01. The molecule has 0 spiro atoms. The molecule has 0 atom stereocenters. The molecule has 50 valence electrons. The summed E-state index contributed by atoms with van der Waals surface area (Å²) in [5, 5.41) is 6.11. The largest absolute Gasteiger partial charge is 0.153 e. The molecule has 0 fully saturated rings. The fourth-order valence-corrected chi connectivity index (χ4v) is 3.38. The molecule has 0 aliphatic heterocycles. The van der Waals surface area contributed by atoms with Gasteiger partial charge in [-0.15, -0.1) is 0 Å². The minimum absolute atomic E-state index is 0.141. The quantitative estimate of drug-likeness (QED) is 0.580. The van der Waals surface area contributed by atoms with Crippen LogP contribution in [0, 0.1) is 0 Å². The van der Waals surface area contributed by atoms with E-state index in [0.29, 0.717) is 0 Å². The molecule has 0 unspecified atom stereocenters. The standard InChI is InChI=1S/C7H12SSi/c1-2-5-9-7-3-4-8-6-7/h3-4,6H,2,5,9H2,1H3. The molecule has 0 N–H and O–H groups in total. The Labute approximate surface area is 62.7 Å². The monoisotopic (exact) mass is 156 g/mol. The summed E-state index contributed by atoms with van der Waals surface area (Å²) in [7, 11) is 0.141. The van der Waals surface area contributed by atoms with Gasteiger partial charge in [0.15, 0.2) is 0 Å². The average molecular weight is 156 g/mol. The van der Waals surface area contributed by atoms with E-state index in [9.17, 15) is 0 Å². The van der Waals surface area contributed by atoms with Crippen LogP contribution >= 0.6 is 11.3 Å². The van der Waals surface area contributed by atoms with Crippen molar-refractivity contribution < 1.29 is 0 Å². The van der Waals surface area contributed by atoms with Crippen molar-refractivity contribution in [1.82, 2.24) is 0 Å². The Balaban J connectivity index is 2.30. The maximum absolute atomic E-state index is 2.29. The summed E-state index contributed by atoms with van der Waals surface area (Å²) in [4.78, 5) is 0. The minimum atomic E-state index is 0.141. The van der Waals surface area contributed by atoms with Crippen LogP contribution < -0.4 is 5.19 Å². The molecule has 0 aliphatic carbocycles. The lowest BCUT2D eigenvalue weighted by molar-refractivity contribution is 1.08. The van der Waals surface area contributed by atoms with Gasteiger partial charge in [-0.05, 0) is 10.8 Å². The highest BCUT2D eigenvalue weighted by Crippen LogP contribution is 1.94. The first kappa shape index (κ1) is 7.03. The van der Waals surface area contributed by atoms with Crippen molar-refractivity contribution in [2.24, 2.45) is 0 Å². The summed E-state index contributed by atoms with van der Waals surface area (Å²) in [5.41, 5.74) is 0. The molecule has 0 saturated heterocycles. The molecular formula is C7H12SSi. The smallest absolute Gasteiger partial charge is 0.0558 e. The SMILES string of the molecule is CCC[SiH2]c1ccsc1. The minimum Gasteiger partial charge on any atom is -0.153 e. The molecule has 0 saturated carbocycles. The van der Waals surface area contributed by atoms with E-state index in [0.717, 1.165) is 0 Å². The van der Waals surface area contributed by atoms with Crippen LogP contribution in [0.4, 0.5) is 0 Å². The average Bonchev–Trinajstić information content (AvgIpc) is 2.34. The van der Waals surface area contributed by atoms with Crippen molar-refractivity contribution in [2.45, 2.75) is 19.4 Å². The molecule has 9 heavy (non-hydrogen) atoms. The fourth-order valence-electron chi connectivity index (χ4n) is 0.816. The third-order valence-electron chi connectivity index (χ3n) is 1.40. The van der Waals surface area contributed by atoms with Gasteiger partial charge in [0.2, 0.25) is 0 Å². The molecule has 1 rings (SSSR count). The summed E-state index contributed by atoms with van der Waals surface area (Å²) in [5.74, 6) is 0. The van der Waals surface area contributed by atoms with Crippen LogP contribution in [0.25, 0.3) is 0 Å². The van der Waals surface area contributed by atoms with Crippen LogP contribution in [0.3, 0.4) is 0 Å². The second-order valence-corrected chi connectivity index (χ2v) is 5.04. The third kappa shape index (κ3) is 2.33. The van der Waals surface area contributed by atoms with Crippen molar-refractivity contribution in [2.75, 3.05) is 0 Å². The van der Waals surface area contributed by atoms with E-state index in [1.807, 2.05) is 11.3 Å². The maximum atomic E-state index is 2.29. The van der Waals surface area contributed by atoms with Gasteiger partial charge in [-0.1, -0.05) is 30.6 Å². The summed E-state index contributed by atoms with van der Waals surface area (Å²) in [6.45, 7) is 2.26. The van der Waals surface area contributed by atoms with Gasteiger partial charge in [-0.2, -0.15) is 11.3 Å². The van der Waals surface area contributed by atoms with Crippen LogP contribution in [-0.4, -0.2) is 9.52 Å². The second-order valence-electron chi connectivity index (χ2n) is 2.24. The van der Waals surface area contributed by atoms with Gasteiger partial charge in [0.1, 0.15) is 0 Å². The molecule has 0 aromatic carbocycles. The second kappa shape index (κ2) is 3.85. The fraction of sp³-hybridized carbons (Fsp3) is 0.429. The lowest BCUT2D eigenvalue weighted by Gasteiger charge is -1.89. The van der Waals surface area contributed by atoms with Crippen LogP contribution in [0.5, 0.6) is 0 Å². The van der Waals surface area contributed by atoms with Gasteiger partial charge in [0.25, 0.3) is 0 Å². The normalized spacial score (nSPS) is 11.2. The van der Waals surface area contributed by atoms with Gasteiger partial charge in [0.05, 0.1) is 9.52 Å².